The van der Waals surface area contributed by atoms with Gasteiger partial charge in [0, 0.05) is 31.6 Å². The third-order valence-electron chi connectivity index (χ3n) is 5.52. The second-order valence-electron chi connectivity index (χ2n) is 7.03. The van der Waals surface area contributed by atoms with E-state index in [1.165, 1.54) is 17.8 Å². The second-order valence-corrected chi connectivity index (χ2v) is 8.74. The van der Waals surface area contributed by atoms with Gasteiger partial charge in [0.1, 0.15) is 0 Å². The minimum absolute atomic E-state index is 0.0783. The van der Waals surface area contributed by atoms with Crippen molar-refractivity contribution in [1.82, 2.24) is 9.80 Å². The summed E-state index contributed by atoms with van der Waals surface area (Å²) in [5.41, 5.74) is 0. The molecule has 6 heteroatoms. The fourth-order valence-electron chi connectivity index (χ4n) is 3.99. The number of hydrogen-bond acceptors (Lipinski definition) is 3. The number of thiophene rings is 1. The number of amides is 2. The van der Waals surface area contributed by atoms with Crippen molar-refractivity contribution in [2.45, 2.75) is 38.1 Å². The zero-order chi connectivity index (χ0) is 16.0. The monoisotopic (exact) mass is 352 g/mol. The van der Waals surface area contributed by atoms with Crippen LogP contribution in [-0.4, -0.2) is 47.3 Å². The highest BCUT2D eigenvalue weighted by atomic mass is 35.5. The zero-order valence-corrected chi connectivity index (χ0v) is 14.6. The summed E-state index contributed by atoms with van der Waals surface area (Å²) >= 11 is 7.31. The van der Waals surface area contributed by atoms with Crippen LogP contribution in [-0.2, 0) is 4.79 Å². The molecule has 1 aromatic heterocycles. The minimum Gasteiger partial charge on any atom is -0.340 e. The lowest BCUT2D eigenvalue weighted by molar-refractivity contribution is -0.138. The molecule has 2 atom stereocenters. The van der Waals surface area contributed by atoms with Gasteiger partial charge in [-0.2, -0.15) is 0 Å². The Labute approximate surface area is 145 Å². The predicted molar refractivity (Wildman–Crippen MR) is 90.8 cm³/mol. The number of carbonyl (C=O) groups is 2. The van der Waals surface area contributed by atoms with Crippen LogP contribution in [0.5, 0.6) is 0 Å². The zero-order valence-electron chi connectivity index (χ0n) is 13.0. The van der Waals surface area contributed by atoms with Crippen LogP contribution in [0.3, 0.4) is 0 Å². The Morgan fingerprint density at radius 1 is 1.09 bits per heavy atom. The van der Waals surface area contributed by atoms with Crippen LogP contribution in [0.25, 0.3) is 0 Å². The van der Waals surface area contributed by atoms with Gasteiger partial charge in [0.05, 0.1) is 9.21 Å². The second kappa shape index (κ2) is 6.10. The molecule has 3 aliphatic heterocycles. The highest BCUT2D eigenvalue weighted by Crippen LogP contribution is 2.34. The SMILES string of the molecule is O=C(C1CCC1)N1C[C@H]2CC[C@@H](C1)N(C(=O)c1ccc(Cl)s1)C2. The lowest BCUT2D eigenvalue weighted by Gasteiger charge is -2.36. The minimum atomic E-state index is 0.0783. The normalized spacial score (nSPS) is 27.7. The van der Waals surface area contributed by atoms with Gasteiger partial charge in [-0.3, -0.25) is 9.59 Å². The van der Waals surface area contributed by atoms with Gasteiger partial charge in [-0.15, -0.1) is 11.3 Å². The van der Waals surface area contributed by atoms with E-state index >= 15 is 0 Å². The molecule has 2 amide bonds. The van der Waals surface area contributed by atoms with Gasteiger partial charge in [-0.25, -0.2) is 0 Å². The Hall–Kier alpha value is -1.07. The van der Waals surface area contributed by atoms with Gasteiger partial charge in [-0.05, 0) is 43.7 Å². The molecule has 23 heavy (non-hydrogen) atoms. The Bertz CT molecular complexity index is 628. The quantitative estimate of drug-likeness (QED) is 0.819. The van der Waals surface area contributed by atoms with E-state index in [2.05, 4.69) is 0 Å². The van der Waals surface area contributed by atoms with Gasteiger partial charge in [0.25, 0.3) is 5.91 Å². The Kier molecular flexibility index (Phi) is 4.10. The summed E-state index contributed by atoms with van der Waals surface area (Å²) in [7, 11) is 0. The Morgan fingerprint density at radius 3 is 2.57 bits per heavy atom. The van der Waals surface area contributed by atoms with Crippen molar-refractivity contribution in [3.05, 3.63) is 21.3 Å². The number of carbonyl (C=O) groups excluding carboxylic acids is 2. The molecule has 1 aromatic rings. The molecule has 4 fully saturated rings. The number of rotatable bonds is 2. The van der Waals surface area contributed by atoms with Gasteiger partial charge in [0.15, 0.2) is 0 Å². The van der Waals surface area contributed by atoms with Crippen molar-refractivity contribution in [2.24, 2.45) is 11.8 Å². The fourth-order valence-corrected chi connectivity index (χ4v) is 4.99. The lowest BCUT2D eigenvalue weighted by Crippen LogP contribution is -2.48. The molecule has 4 heterocycles. The molecule has 124 valence electrons. The molecule has 0 N–H and O–H groups in total. The van der Waals surface area contributed by atoms with E-state index in [4.69, 9.17) is 11.6 Å². The maximum atomic E-state index is 12.8. The van der Waals surface area contributed by atoms with Crippen LogP contribution >= 0.6 is 22.9 Å². The lowest BCUT2D eigenvalue weighted by atomic mass is 9.84. The first-order chi connectivity index (χ1) is 11.1. The molecule has 0 spiro atoms. The molecule has 5 rings (SSSR count). The van der Waals surface area contributed by atoms with E-state index in [1.807, 2.05) is 15.9 Å². The number of hydrogen-bond donors (Lipinski definition) is 0. The summed E-state index contributed by atoms with van der Waals surface area (Å²) < 4.78 is 0.648. The molecule has 3 saturated heterocycles. The van der Waals surface area contributed by atoms with Gasteiger partial charge < -0.3 is 9.80 Å². The first-order valence-corrected chi connectivity index (χ1v) is 9.66. The van der Waals surface area contributed by atoms with Crippen LogP contribution in [0.4, 0.5) is 0 Å². The molecule has 4 nitrogen and oxygen atoms in total. The first kappa shape index (κ1) is 15.5. The van der Waals surface area contributed by atoms with Crippen molar-refractivity contribution in [3.63, 3.8) is 0 Å². The molecule has 0 unspecified atom stereocenters. The largest absolute Gasteiger partial charge is 0.340 e. The molecule has 2 bridgehead atoms. The standard InChI is InChI=1S/C17H21ClN2O2S/c18-15-7-6-14(23-15)17(22)20-9-11-4-5-13(20)10-19(8-11)16(21)12-2-1-3-12/h6-7,11-13H,1-5,8-10H2/t11-,13+/m1/s1. The number of halogens is 1. The topological polar surface area (TPSA) is 40.6 Å². The average molecular weight is 353 g/mol. The van der Waals surface area contributed by atoms with E-state index in [0.29, 0.717) is 27.6 Å². The smallest absolute Gasteiger partial charge is 0.264 e. The fraction of sp³-hybridized carbons (Fsp3) is 0.647. The molecule has 0 radical (unpaired) electrons. The van der Waals surface area contributed by atoms with E-state index in [-0.39, 0.29) is 17.9 Å². The van der Waals surface area contributed by atoms with Crippen LogP contribution in [0, 0.1) is 11.8 Å². The summed E-state index contributed by atoms with van der Waals surface area (Å²) in [5, 5.41) is 0. The maximum absolute atomic E-state index is 12.8. The first-order valence-electron chi connectivity index (χ1n) is 8.47. The van der Waals surface area contributed by atoms with Crippen LogP contribution < -0.4 is 0 Å². The summed E-state index contributed by atoms with van der Waals surface area (Å²) in [6.45, 7) is 2.30. The van der Waals surface area contributed by atoms with Crippen molar-refractivity contribution >= 4 is 34.8 Å². The summed E-state index contributed by atoms with van der Waals surface area (Å²) in [6, 6.07) is 3.75. The summed E-state index contributed by atoms with van der Waals surface area (Å²) in [5.74, 6) is 1.06. The highest BCUT2D eigenvalue weighted by molar-refractivity contribution is 7.17. The molecular formula is C17H21ClN2O2S. The number of piperidine rings is 1. The van der Waals surface area contributed by atoms with Gasteiger partial charge in [-0.1, -0.05) is 18.0 Å². The van der Waals surface area contributed by atoms with Gasteiger partial charge in [0.2, 0.25) is 5.91 Å². The Balaban J connectivity index is 1.51. The van der Waals surface area contributed by atoms with Crippen molar-refractivity contribution in [2.75, 3.05) is 19.6 Å². The van der Waals surface area contributed by atoms with E-state index < -0.39 is 0 Å². The van der Waals surface area contributed by atoms with Crippen molar-refractivity contribution < 1.29 is 9.59 Å². The van der Waals surface area contributed by atoms with E-state index in [9.17, 15) is 9.59 Å². The maximum Gasteiger partial charge on any atom is 0.264 e. The molecular weight excluding hydrogens is 332 g/mol. The van der Waals surface area contributed by atoms with Crippen LogP contribution in [0.15, 0.2) is 12.1 Å². The van der Waals surface area contributed by atoms with Crippen LogP contribution in [0.2, 0.25) is 4.34 Å². The summed E-state index contributed by atoms with van der Waals surface area (Å²) in [6.07, 6.45) is 5.39. The number of fused-ring (bicyclic) bond motifs is 4. The Morgan fingerprint density at radius 2 is 1.91 bits per heavy atom. The molecule has 4 aliphatic rings. The number of nitrogens with zero attached hydrogens (tertiary/aromatic N) is 2. The van der Waals surface area contributed by atoms with E-state index in [0.717, 1.165) is 38.8 Å². The molecule has 1 aliphatic carbocycles. The highest BCUT2D eigenvalue weighted by Gasteiger charge is 2.41. The third-order valence-corrected chi connectivity index (χ3v) is 6.74. The predicted octanol–water partition coefficient (Wildman–Crippen LogP) is 3.26. The van der Waals surface area contributed by atoms with Crippen molar-refractivity contribution in [1.29, 1.82) is 0 Å². The third kappa shape index (κ3) is 2.89. The molecule has 1 saturated carbocycles. The summed E-state index contributed by atoms with van der Waals surface area (Å²) in [4.78, 5) is 30.2. The van der Waals surface area contributed by atoms with Gasteiger partial charge >= 0.3 is 0 Å². The molecule has 0 aromatic carbocycles. The van der Waals surface area contributed by atoms with Crippen LogP contribution in [0.1, 0.15) is 41.8 Å². The van der Waals surface area contributed by atoms with Crippen molar-refractivity contribution in [3.8, 4) is 0 Å². The van der Waals surface area contributed by atoms with E-state index in [1.54, 1.807) is 6.07 Å². The average Bonchev–Trinajstić information content (AvgIpc) is 2.72.